The number of pyridine rings is 1. The number of ether oxygens (including phenoxy) is 1. The molecule has 0 saturated heterocycles. The van der Waals surface area contributed by atoms with Crippen LogP contribution in [0.15, 0.2) is 24.4 Å². The van der Waals surface area contributed by atoms with Gasteiger partial charge in [0.25, 0.3) is 0 Å². The molecule has 0 fully saturated rings. The smallest absolute Gasteiger partial charge is 0.0898 e. The summed E-state index contributed by atoms with van der Waals surface area (Å²) in [6.45, 7) is 8.79. The molecule has 0 radical (unpaired) electrons. The molecule has 1 rings (SSSR count). The number of nitrogens with zero attached hydrogens (tertiary/aromatic N) is 1. The summed E-state index contributed by atoms with van der Waals surface area (Å²) >= 11 is 0. The van der Waals surface area contributed by atoms with Gasteiger partial charge in [0.05, 0.1) is 24.0 Å². The molecule has 1 aromatic rings. The number of rotatable bonds is 6. The quantitative estimate of drug-likeness (QED) is 0.812. The number of aromatic nitrogens is 1. The molecular weight excluding hydrogens is 228 g/mol. The minimum Gasteiger partial charge on any atom is -0.389 e. The molecule has 2 atom stereocenters. The maximum absolute atomic E-state index is 9.80. The monoisotopic (exact) mass is 252 g/mol. The lowest BCUT2D eigenvalue weighted by atomic mass is 10.2. The standard InChI is InChI=1S/C14H24N2O2/c1-11(13-7-5-6-8-15-13)16-9-12(17)10-18-14(2,3)4/h5-8,11-12,16-17H,9-10H2,1-4H3/t11-,12?/m0/s1. The summed E-state index contributed by atoms with van der Waals surface area (Å²) in [4.78, 5) is 4.27. The predicted molar refractivity (Wildman–Crippen MR) is 72.4 cm³/mol. The molecule has 0 amide bonds. The second kappa shape index (κ2) is 6.83. The summed E-state index contributed by atoms with van der Waals surface area (Å²) in [6, 6.07) is 5.94. The van der Waals surface area contributed by atoms with Crippen LogP contribution in [0, 0.1) is 0 Å². The lowest BCUT2D eigenvalue weighted by Crippen LogP contribution is -2.35. The topological polar surface area (TPSA) is 54.4 Å². The minimum atomic E-state index is -0.504. The first kappa shape index (κ1) is 15.1. The highest BCUT2D eigenvalue weighted by molar-refractivity contribution is 5.07. The molecule has 4 nitrogen and oxygen atoms in total. The van der Waals surface area contributed by atoms with E-state index in [9.17, 15) is 5.11 Å². The van der Waals surface area contributed by atoms with Gasteiger partial charge in [-0.15, -0.1) is 0 Å². The van der Waals surface area contributed by atoms with Gasteiger partial charge in [-0.25, -0.2) is 0 Å². The number of hydrogen-bond acceptors (Lipinski definition) is 4. The summed E-state index contributed by atoms with van der Waals surface area (Å²) in [7, 11) is 0. The van der Waals surface area contributed by atoms with Gasteiger partial charge in [-0.05, 0) is 39.8 Å². The van der Waals surface area contributed by atoms with E-state index in [-0.39, 0.29) is 11.6 Å². The van der Waals surface area contributed by atoms with Crippen molar-refractivity contribution in [3.63, 3.8) is 0 Å². The van der Waals surface area contributed by atoms with E-state index in [1.54, 1.807) is 6.20 Å². The Balaban J connectivity index is 2.28. The molecule has 1 aromatic heterocycles. The number of aliphatic hydroxyl groups is 1. The summed E-state index contributed by atoms with van der Waals surface area (Å²) in [6.07, 6.45) is 1.27. The Kier molecular flexibility index (Phi) is 5.72. The number of aliphatic hydroxyl groups excluding tert-OH is 1. The second-order valence-electron chi connectivity index (χ2n) is 5.46. The molecule has 0 spiro atoms. The van der Waals surface area contributed by atoms with Crippen molar-refractivity contribution in [2.24, 2.45) is 0 Å². The van der Waals surface area contributed by atoms with Gasteiger partial charge < -0.3 is 15.2 Å². The molecular formula is C14H24N2O2. The molecule has 2 N–H and O–H groups in total. The van der Waals surface area contributed by atoms with Gasteiger partial charge in [0.1, 0.15) is 0 Å². The first-order valence-electron chi connectivity index (χ1n) is 6.35. The maximum atomic E-state index is 9.80. The van der Waals surface area contributed by atoms with E-state index in [1.807, 2.05) is 45.9 Å². The Hall–Kier alpha value is -0.970. The van der Waals surface area contributed by atoms with Gasteiger partial charge in [0, 0.05) is 18.8 Å². The van der Waals surface area contributed by atoms with Crippen LogP contribution in [0.2, 0.25) is 0 Å². The van der Waals surface area contributed by atoms with Crippen LogP contribution in [0.1, 0.15) is 39.4 Å². The van der Waals surface area contributed by atoms with Crippen molar-refractivity contribution >= 4 is 0 Å². The van der Waals surface area contributed by atoms with Crippen molar-refractivity contribution in [2.75, 3.05) is 13.2 Å². The third-order valence-corrected chi connectivity index (χ3v) is 2.50. The zero-order valence-electron chi connectivity index (χ0n) is 11.7. The summed E-state index contributed by atoms with van der Waals surface area (Å²) < 4.78 is 5.52. The van der Waals surface area contributed by atoms with Crippen molar-refractivity contribution in [3.8, 4) is 0 Å². The lowest BCUT2D eigenvalue weighted by Gasteiger charge is -2.23. The normalized spacial score (nSPS) is 15.4. The van der Waals surface area contributed by atoms with E-state index in [4.69, 9.17) is 4.74 Å². The fourth-order valence-corrected chi connectivity index (χ4v) is 1.45. The van der Waals surface area contributed by atoms with E-state index in [0.717, 1.165) is 5.69 Å². The van der Waals surface area contributed by atoms with E-state index < -0.39 is 6.10 Å². The van der Waals surface area contributed by atoms with Crippen LogP contribution in [-0.4, -0.2) is 34.9 Å². The molecule has 0 aliphatic rings. The molecule has 18 heavy (non-hydrogen) atoms. The van der Waals surface area contributed by atoms with Crippen LogP contribution in [0.4, 0.5) is 0 Å². The molecule has 0 bridgehead atoms. The van der Waals surface area contributed by atoms with E-state index in [2.05, 4.69) is 10.3 Å². The third-order valence-electron chi connectivity index (χ3n) is 2.50. The van der Waals surface area contributed by atoms with Crippen molar-refractivity contribution < 1.29 is 9.84 Å². The van der Waals surface area contributed by atoms with Gasteiger partial charge in [0.2, 0.25) is 0 Å². The van der Waals surface area contributed by atoms with E-state index in [1.165, 1.54) is 0 Å². The fraction of sp³-hybridized carbons (Fsp3) is 0.643. The molecule has 0 aromatic carbocycles. The minimum absolute atomic E-state index is 0.121. The van der Waals surface area contributed by atoms with Crippen LogP contribution in [0.3, 0.4) is 0 Å². The van der Waals surface area contributed by atoms with Crippen LogP contribution in [0.5, 0.6) is 0 Å². The summed E-state index contributed by atoms with van der Waals surface area (Å²) in [5.74, 6) is 0. The van der Waals surface area contributed by atoms with E-state index in [0.29, 0.717) is 13.2 Å². The second-order valence-corrected chi connectivity index (χ2v) is 5.46. The lowest BCUT2D eigenvalue weighted by molar-refractivity contribution is -0.0483. The van der Waals surface area contributed by atoms with Gasteiger partial charge in [-0.2, -0.15) is 0 Å². The Bertz CT molecular complexity index is 335. The Morgan fingerprint density at radius 3 is 2.67 bits per heavy atom. The summed E-state index contributed by atoms with van der Waals surface area (Å²) in [5.41, 5.74) is 0.759. The molecule has 0 aliphatic carbocycles. The Labute approximate surface area is 109 Å². The van der Waals surface area contributed by atoms with Crippen molar-refractivity contribution in [3.05, 3.63) is 30.1 Å². The third kappa shape index (κ3) is 6.10. The highest BCUT2D eigenvalue weighted by Crippen LogP contribution is 2.09. The first-order valence-corrected chi connectivity index (χ1v) is 6.35. The molecule has 1 unspecified atom stereocenters. The van der Waals surface area contributed by atoms with Crippen molar-refractivity contribution in [2.45, 2.75) is 45.4 Å². The average molecular weight is 252 g/mol. The largest absolute Gasteiger partial charge is 0.389 e. The van der Waals surface area contributed by atoms with Gasteiger partial charge in [-0.3, -0.25) is 4.98 Å². The van der Waals surface area contributed by atoms with Crippen LogP contribution in [0.25, 0.3) is 0 Å². The van der Waals surface area contributed by atoms with Crippen molar-refractivity contribution in [1.29, 1.82) is 0 Å². The Morgan fingerprint density at radius 2 is 2.11 bits per heavy atom. The van der Waals surface area contributed by atoms with Crippen LogP contribution in [-0.2, 0) is 4.74 Å². The molecule has 4 heteroatoms. The van der Waals surface area contributed by atoms with Crippen LogP contribution < -0.4 is 5.32 Å². The SMILES string of the molecule is C[C@H](NCC(O)COC(C)(C)C)c1ccccn1. The molecule has 0 saturated carbocycles. The Morgan fingerprint density at radius 1 is 1.39 bits per heavy atom. The number of hydrogen-bond donors (Lipinski definition) is 2. The summed E-state index contributed by atoms with van der Waals surface area (Å²) in [5, 5.41) is 13.0. The van der Waals surface area contributed by atoms with Gasteiger partial charge in [0.15, 0.2) is 0 Å². The first-order chi connectivity index (χ1) is 8.38. The van der Waals surface area contributed by atoms with Gasteiger partial charge in [-0.1, -0.05) is 6.07 Å². The maximum Gasteiger partial charge on any atom is 0.0898 e. The van der Waals surface area contributed by atoms with E-state index >= 15 is 0 Å². The predicted octanol–water partition coefficient (Wildman–Crippen LogP) is 1.91. The molecule has 1 heterocycles. The van der Waals surface area contributed by atoms with Crippen molar-refractivity contribution in [1.82, 2.24) is 10.3 Å². The zero-order valence-corrected chi connectivity index (χ0v) is 11.7. The number of nitrogens with one attached hydrogen (secondary N) is 1. The molecule has 102 valence electrons. The molecule has 0 aliphatic heterocycles. The van der Waals surface area contributed by atoms with Gasteiger partial charge >= 0.3 is 0 Å². The fourth-order valence-electron chi connectivity index (χ4n) is 1.45. The highest BCUT2D eigenvalue weighted by Gasteiger charge is 2.14. The zero-order chi connectivity index (χ0) is 13.6. The average Bonchev–Trinajstić information content (AvgIpc) is 2.33. The highest BCUT2D eigenvalue weighted by atomic mass is 16.5. The van der Waals surface area contributed by atoms with Crippen LogP contribution >= 0.6 is 0 Å².